The quantitative estimate of drug-likeness (QED) is 0.162. The lowest BCUT2D eigenvalue weighted by Crippen LogP contribution is -2.11. The average Bonchev–Trinajstić information content (AvgIpc) is 3.69. The van der Waals surface area contributed by atoms with Crippen LogP contribution in [0.2, 0.25) is 0 Å². The topological polar surface area (TPSA) is 3.24 Å². The summed E-state index contributed by atoms with van der Waals surface area (Å²) >= 11 is 1.93. The van der Waals surface area contributed by atoms with E-state index in [0.29, 0.717) is 0 Å². The summed E-state index contributed by atoms with van der Waals surface area (Å²) in [6, 6.07) is 76.0. The van der Waals surface area contributed by atoms with Crippen molar-refractivity contribution in [2.45, 2.75) is 26.2 Å². The van der Waals surface area contributed by atoms with Crippen molar-refractivity contribution in [3.8, 4) is 33.4 Å². The number of anilines is 3. The van der Waals surface area contributed by atoms with Gasteiger partial charge in [-0.05, 0) is 131 Å². The molecule has 2 heteroatoms. The van der Waals surface area contributed by atoms with E-state index >= 15 is 0 Å². The molecule has 0 fully saturated rings. The molecule has 0 saturated carbocycles. The van der Waals surface area contributed by atoms with Gasteiger partial charge in [-0.25, -0.2) is 0 Å². The van der Waals surface area contributed by atoms with E-state index < -0.39 is 0 Å². The molecule has 1 heterocycles. The highest BCUT2D eigenvalue weighted by Crippen LogP contribution is 2.49. The second-order valence-corrected chi connectivity index (χ2v) is 18.0. The molecule has 0 unspecified atom stereocenters. The van der Waals surface area contributed by atoms with E-state index in [9.17, 15) is 0 Å². The summed E-state index contributed by atoms with van der Waals surface area (Å²) in [5.74, 6) is 0. The van der Waals surface area contributed by atoms with Crippen molar-refractivity contribution in [3.05, 3.63) is 212 Å². The predicted molar refractivity (Wildman–Crippen MR) is 262 cm³/mol. The lowest BCUT2D eigenvalue weighted by atomic mass is 9.84. The monoisotopic (exact) mass is 785 g/mol. The highest BCUT2D eigenvalue weighted by molar-refractivity contribution is 7.26. The lowest BCUT2D eigenvalue weighted by molar-refractivity contribution is 0.597. The van der Waals surface area contributed by atoms with Crippen molar-refractivity contribution in [3.63, 3.8) is 0 Å². The fraction of sp³-hybridized carbons (Fsp3) is 0.0690. The van der Waals surface area contributed by atoms with Gasteiger partial charge in [0, 0.05) is 26.8 Å². The van der Waals surface area contributed by atoms with Crippen LogP contribution in [0.3, 0.4) is 0 Å². The standard InChI is InChI=1S/C58H43NS/c1-58(2,3)53-37-48-16-9-10-17-51(48)55-52-18-11-19-54(56(52)60-57(53)55)59(49-30-26-40(27-31-49)38-12-5-4-6-13-38)50-32-28-41(29-33-50)43-22-23-46-36-47(25-24-45(46)35-43)44-21-20-39-14-7-8-15-42(39)34-44/h4-37H,1-3H3. The Kier molecular flexibility index (Phi) is 8.65. The molecule has 0 bridgehead atoms. The minimum Gasteiger partial charge on any atom is -0.309 e. The first kappa shape index (κ1) is 36.1. The van der Waals surface area contributed by atoms with Crippen LogP contribution in [0.1, 0.15) is 26.3 Å². The van der Waals surface area contributed by atoms with E-state index in [1.54, 1.807) is 0 Å². The Morgan fingerprint density at radius 3 is 1.45 bits per heavy atom. The minimum absolute atomic E-state index is 0.00557. The largest absolute Gasteiger partial charge is 0.309 e. The molecule has 0 aliphatic carbocycles. The van der Waals surface area contributed by atoms with Crippen molar-refractivity contribution in [1.82, 2.24) is 0 Å². The second-order valence-electron chi connectivity index (χ2n) is 17.0. The third-order valence-electron chi connectivity index (χ3n) is 12.1. The van der Waals surface area contributed by atoms with Crippen molar-refractivity contribution in [1.29, 1.82) is 0 Å². The molecule has 0 radical (unpaired) electrons. The number of nitrogens with zero attached hydrogens (tertiary/aromatic N) is 1. The maximum absolute atomic E-state index is 2.45. The maximum Gasteiger partial charge on any atom is 0.0640 e. The molecule has 11 aromatic rings. The third-order valence-corrected chi connectivity index (χ3v) is 13.4. The van der Waals surface area contributed by atoms with Gasteiger partial charge in [-0.2, -0.15) is 0 Å². The number of rotatable bonds is 6. The van der Waals surface area contributed by atoms with Gasteiger partial charge in [0.2, 0.25) is 0 Å². The Balaban J connectivity index is 1.01. The molecule has 0 atom stereocenters. The van der Waals surface area contributed by atoms with E-state index in [1.807, 2.05) is 11.3 Å². The number of thiophene rings is 1. The van der Waals surface area contributed by atoms with Crippen molar-refractivity contribution >= 4 is 80.9 Å². The molecule has 0 N–H and O–H groups in total. The van der Waals surface area contributed by atoms with Crippen LogP contribution in [0.15, 0.2) is 206 Å². The summed E-state index contributed by atoms with van der Waals surface area (Å²) in [7, 11) is 0. The van der Waals surface area contributed by atoms with Gasteiger partial charge in [-0.3, -0.25) is 0 Å². The van der Waals surface area contributed by atoms with Crippen LogP contribution < -0.4 is 4.90 Å². The normalized spacial score (nSPS) is 11.9. The molecule has 10 aromatic carbocycles. The van der Waals surface area contributed by atoms with E-state index in [4.69, 9.17) is 0 Å². The average molecular weight is 786 g/mol. The van der Waals surface area contributed by atoms with Gasteiger partial charge in [0.25, 0.3) is 0 Å². The van der Waals surface area contributed by atoms with E-state index in [-0.39, 0.29) is 5.41 Å². The van der Waals surface area contributed by atoms with Crippen LogP contribution in [0.5, 0.6) is 0 Å². The molecule has 11 rings (SSSR count). The smallest absolute Gasteiger partial charge is 0.0640 e. The van der Waals surface area contributed by atoms with Crippen LogP contribution in [0, 0.1) is 0 Å². The first-order valence-corrected chi connectivity index (χ1v) is 21.6. The first-order valence-electron chi connectivity index (χ1n) is 20.8. The maximum atomic E-state index is 2.45. The zero-order chi connectivity index (χ0) is 40.4. The molecule has 0 saturated heterocycles. The number of hydrogen-bond acceptors (Lipinski definition) is 2. The molecule has 1 nitrogen and oxygen atoms in total. The lowest BCUT2D eigenvalue weighted by Gasteiger charge is -2.26. The Morgan fingerprint density at radius 1 is 0.350 bits per heavy atom. The van der Waals surface area contributed by atoms with Crippen molar-refractivity contribution in [2.75, 3.05) is 4.90 Å². The zero-order valence-corrected chi connectivity index (χ0v) is 34.8. The van der Waals surface area contributed by atoms with Crippen LogP contribution in [-0.4, -0.2) is 0 Å². The summed E-state index contributed by atoms with van der Waals surface area (Å²) in [6.45, 7) is 7.01. The highest BCUT2D eigenvalue weighted by Gasteiger charge is 2.24. The molecule has 0 spiro atoms. The summed E-state index contributed by atoms with van der Waals surface area (Å²) in [5, 5.41) is 10.3. The van der Waals surface area contributed by atoms with Gasteiger partial charge in [0.05, 0.1) is 10.4 Å². The van der Waals surface area contributed by atoms with Gasteiger partial charge in [0.1, 0.15) is 0 Å². The summed E-state index contributed by atoms with van der Waals surface area (Å²) in [6.07, 6.45) is 0. The molecule has 0 aliphatic heterocycles. The molecule has 0 amide bonds. The van der Waals surface area contributed by atoms with Gasteiger partial charge in [-0.1, -0.05) is 172 Å². The van der Waals surface area contributed by atoms with Crippen LogP contribution in [0.25, 0.3) is 85.9 Å². The van der Waals surface area contributed by atoms with E-state index in [1.165, 1.54) is 97.1 Å². The van der Waals surface area contributed by atoms with Crippen LogP contribution >= 0.6 is 11.3 Å². The number of hydrogen-bond donors (Lipinski definition) is 0. The van der Waals surface area contributed by atoms with E-state index in [2.05, 4.69) is 232 Å². The Bertz CT molecular complexity index is 3390. The molecule has 1 aromatic heterocycles. The summed E-state index contributed by atoms with van der Waals surface area (Å²) in [4.78, 5) is 2.45. The molecular formula is C58H43NS. The van der Waals surface area contributed by atoms with Crippen molar-refractivity contribution in [2.24, 2.45) is 0 Å². The summed E-state index contributed by atoms with van der Waals surface area (Å²) in [5.41, 5.74) is 12.1. The Hall–Kier alpha value is -7.00. The molecular weight excluding hydrogens is 743 g/mol. The third kappa shape index (κ3) is 6.32. The van der Waals surface area contributed by atoms with Gasteiger partial charge >= 0.3 is 0 Å². The van der Waals surface area contributed by atoms with Gasteiger partial charge in [-0.15, -0.1) is 11.3 Å². The van der Waals surface area contributed by atoms with Crippen LogP contribution in [-0.2, 0) is 5.41 Å². The Labute approximate surface area is 355 Å². The zero-order valence-electron chi connectivity index (χ0n) is 34.0. The Morgan fingerprint density at radius 2 is 0.817 bits per heavy atom. The predicted octanol–water partition coefficient (Wildman–Crippen LogP) is 17.3. The number of benzene rings is 10. The highest BCUT2D eigenvalue weighted by atomic mass is 32.1. The fourth-order valence-electron chi connectivity index (χ4n) is 9.00. The summed E-state index contributed by atoms with van der Waals surface area (Å²) < 4.78 is 2.67. The van der Waals surface area contributed by atoms with Crippen LogP contribution in [0.4, 0.5) is 17.1 Å². The fourth-order valence-corrected chi connectivity index (χ4v) is 10.5. The second kappa shape index (κ2) is 14.4. The minimum atomic E-state index is -0.00557. The van der Waals surface area contributed by atoms with E-state index in [0.717, 1.165) is 11.4 Å². The van der Waals surface area contributed by atoms with Gasteiger partial charge < -0.3 is 4.90 Å². The SMILES string of the molecule is CC(C)(C)c1cc2ccccc2c2c1sc1c(N(c3ccc(-c4ccccc4)cc3)c3ccc(-c4ccc5cc(-c6ccc7ccccc7c6)ccc5c4)cc3)cccc12. The van der Waals surface area contributed by atoms with Crippen molar-refractivity contribution < 1.29 is 0 Å². The molecule has 60 heavy (non-hydrogen) atoms. The number of fused-ring (bicyclic) bond motifs is 7. The molecule has 0 aliphatic rings. The van der Waals surface area contributed by atoms with Gasteiger partial charge in [0.15, 0.2) is 0 Å². The molecule has 286 valence electrons. The first-order chi connectivity index (χ1) is 29.4.